The molecule has 2 N–H and O–H groups in total. The first-order chi connectivity index (χ1) is 11.3. The maximum absolute atomic E-state index is 10.7. The van der Waals surface area contributed by atoms with E-state index in [2.05, 4.69) is 0 Å². The third-order valence-corrected chi connectivity index (χ3v) is 3.72. The molecule has 4 nitrogen and oxygen atoms in total. The Morgan fingerprint density at radius 1 is 1.08 bits per heavy atom. The number of aromatic hydroxyl groups is 1. The van der Waals surface area contributed by atoms with E-state index in [1.807, 2.05) is 63.6 Å². The summed E-state index contributed by atoms with van der Waals surface area (Å²) in [4.78, 5) is 0. The highest BCUT2D eigenvalue weighted by Gasteiger charge is 2.21. The molecule has 1 atom stereocenters. The monoisotopic (exact) mass is 328 g/mol. The van der Waals surface area contributed by atoms with E-state index < -0.39 is 6.10 Å². The molecule has 0 heterocycles. The van der Waals surface area contributed by atoms with Gasteiger partial charge in [-0.3, -0.25) is 0 Å². The van der Waals surface area contributed by atoms with Crippen LogP contribution in [0.4, 0.5) is 0 Å². The largest absolute Gasteiger partial charge is 0.504 e. The first kappa shape index (κ1) is 18.0. The van der Waals surface area contributed by atoms with Gasteiger partial charge in [0.1, 0.15) is 12.6 Å². The van der Waals surface area contributed by atoms with Crippen molar-refractivity contribution < 1.29 is 19.4 Å². The Morgan fingerprint density at radius 3 is 2.33 bits per heavy atom. The quantitative estimate of drug-likeness (QED) is 0.632. The number of benzene rings is 2. The second-order valence-corrected chi connectivity index (χ2v) is 6.89. The van der Waals surface area contributed by atoms with Gasteiger partial charge in [-0.2, -0.15) is 0 Å². The molecule has 0 fully saturated rings. The minimum Gasteiger partial charge on any atom is -0.504 e. The van der Waals surface area contributed by atoms with E-state index in [-0.39, 0.29) is 5.75 Å². The predicted octanol–water partition coefficient (Wildman–Crippen LogP) is 3.31. The first-order valence-corrected chi connectivity index (χ1v) is 7.93. The summed E-state index contributed by atoms with van der Waals surface area (Å²) in [6.45, 7) is 0.556. The molecule has 2 rings (SSSR count). The topological polar surface area (TPSA) is 49.7 Å². The number of phenolic OH excluding ortho intramolecular Hbond substituents is 1. The lowest BCUT2D eigenvalue weighted by molar-refractivity contribution is -0.874. The number of nitrogens with zero attached hydrogens (tertiary/aromatic N) is 1. The fraction of sp³-hybridized carbons (Fsp3) is 0.300. The number of aliphatic hydroxyl groups excluding tert-OH is 1. The fourth-order valence-electron chi connectivity index (χ4n) is 2.56. The Labute approximate surface area is 143 Å². The van der Waals surface area contributed by atoms with Crippen LogP contribution in [0.3, 0.4) is 0 Å². The van der Waals surface area contributed by atoms with Gasteiger partial charge in [0.25, 0.3) is 0 Å². The Morgan fingerprint density at radius 2 is 1.75 bits per heavy atom. The van der Waals surface area contributed by atoms with Crippen LogP contribution >= 0.6 is 0 Å². The molecule has 0 aliphatic rings. The average molecular weight is 328 g/mol. The second-order valence-electron chi connectivity index (χ2n) is 6.89. The van der Waals surface area contributed by atoms with E-state index in [0.29, 0.717) is 16.8 Å². The van der Waals surface area contributed by atoms with Gasteiger partial charge in [-0.25, -0.2) is 0 Å². The van der Waals surface area contributed by atoms with E-state index in [1.165, 1.54) is 7.11 Å². The third-order valence-electron chi connectivity index (χ3n) is 3.72. The lowest BCUT2D eigenvalue weighted by atomic mass is 9.99. The van der Waals surface area contributed by atoms with Crippen molar-refractivity contribution in [3.05, 3.63) is 59.2 Å². The maximum Gasteiger partial charge on any atom is 0.160 e. The first-order valence-electron chi connectivity index (χ1n) is 7.93. The van der Waals surface area contributed by atoms with Crippen LogP contribution in [0.2, 0.25) is 0 Å². The van der Waals surface area contributed by atoms with E-state index in [9.17, 15) is 10.2 Å². The summed E-state index contributed by atoms with van der Waals surface area (Å²) in [5, 5.41) is 20.7. The normalized spacial score (nSPS) is 13.2. The van der Waals surface area contributed by atoms with Crippen molar-refractivity contribution in [3.8, 4) is 11.5 Å². The Balaban J connectivity index is 2.41. The molecular weight excluding hydrogens is 302 g/mol. The van der Waals surface area contributed by atoms with Gasteiger partial charge < -0.3 is 19.4 Å². The predicted molar refractivity (Wildman–Crippen MR) is 97.9 cm³/mol. The number of phenols is 1. The third kappa shape index (κ3) is 4.85. The van der Waals surface area contributed by atoms with Gasteiger partial charge in [0.2, 0.25) is 0 Å². The van der Waals surface area contributed by atoms with Crippen LogP contribution in [-0.4, -0.2) is 49.5 Å². The van der Waals surface area contributed by atoms with Crippen molar-refractivity contribution in [1.29, 1.82) is 0 Å². The summed E-state index contributed by atoms with van der Waals surface area (Å²) in [6.07, 6.45) is 3.21. The summed E-state index contributed by atoms with van der Waals surface area (Å²) in [5.74, 6) is 0.425. The number of aliphatic hydroxyl groups is 1. The number of likely N-dealkylation sites (N-methyl/N-ethyl adjacent to an activating group) is 1. The molecule has 0 radical (unpaired) electrons. The minimum atomic E-state index is -0.657. The van der Waals surface area contributed by atoms with Gasteiger partial charge >= 0.3 is 0 Å². The summed E-state index contributed by atoms with van der Waals surface area (Å²) in [6, 6.07) is 13.2. The van der Waals surface area contributed by atoms with Crippen LogP contribution < -0.4 is 4.74 Å². The molecule has 0 amide bonds. The van der Waals surface area contributed by atoms with Crippen molar-refractivity contribution in [2.45, 2.75) is 6.10 Å². The van der Waals surface area contributed by atoms with Crippen molar-refractivity contribution in [2.24, 2.45) is 0 Å². The van der Waals surface area contributed by atoms with Gasteiger partial charge in [0.15, 0.2) is 11.5 Å². The van der Waals surface area contributed by atoms with Crippen LogP contribution in [0.15, 0.2) is 42.5 Å². The number of ether oxygens (including phenoxy) is 1. The number of hydrogen-bond acceptors (Lipinski definition) is 3. The molecule has 128 valence electrons. The van der Waals surface area contributed by atoms with E-state index in [1.54, 1.807) is 12.1 Å². The summed E-state index contributed by atoms with van der Waals surface area (Å²) < 4.78 is 5.82. The molecule has 0 spiro atoms. The molecule has 0 saturated heterocycles. The smallest absolute Gasteiger partial charge is 0.160 e. The lowest BCUT2D eigenvalue weighted by Gasteiger charge is -2.27. The van der Waals surface area contributed by atoms with Crippen LogP contribution in [0.5, 0.6) is 11.5 Å². The van der Waals surface area contributed by atoms with Gasteiger partial charge in [0.05, 0.1) is 28.3 Å². The fourth-order valence-corrected chi connectivity index (χ4v) is 2.56. The Hall–Kier alpha value is -2.30. The number of rotatable bonds is 6. The molecule has 0 aliphatic heterocycles. The highest BCUT2D eigenvalue weighted by molar-refractivity contribution is 5.73. The van der Waals surface area contributed by atoms with Crippen molar-refractivity contribution in [3.63, 3.8) is 0 Å². The van der Waals surface area contributed by atoms with Crippen LogP contribution in [0, 0.1) is 0 Å². The Kier molecular flexibility index (Phi) is 5.65. The van der Waals surface area contributed by atoms with Gasteiger partial charge in [0, 0.05) is 0 Å². The summed E-state index contributed by atoms with van der Waals surface area (Å²) in [7, 11) is 7.59. The lowest BCUT2D eigenvalue weighted by Crippen LogP contribution is -2.38. The molecule has 2 aromatic carbocycles. The molecule has 4 heteroatoms. The highest BCUT2D eigenvalue weighted by atomic mass is 16.5. The zero-order valence-corrected chi connectivity index (χ0v) is 14.7. The number of methoxy groups -OCH3 is 1. The summed E-state index contributed by atoms with van der Waals surface area (Å²) in [5.41, 5.74) is 2.57. The molecule has 0 aromatic heterocycles. The van der Waals surface area contributed by atoms with Crippen molar-refractivity contribution >= 4 is 12.2 Å². The van der Waals surface area contributed by atoms with Crippen LogP contribution in [0.1, 0.15) is 22.8 Å². The second kappa shape index (κ2) is 7.51. The van der Waals surface area contributed by atoms with Crippen molar-refractivity contribution in [2.75, 3.05) is 34.8 Å². The van der Waals surface area contributed by atoms with Crippen LogP contribution in [-0.2, 0) is 0 Å². The van der Waals surface area contributed by atoms with E-state index >= 15 is 0 Å². The molecule has 0 aliphatic carbocycles. The average Bonchev–Trinajstić information content (AvgIpc) is 2.52. The van der Waals surface area contributed by atoms with Gasteiger partial charge in [-0.1, -0.05) is 42.5 Å². The molecule has 0 bridgehead atoms. The number of quaternary nitrogens is 1. The standard InChI is InChI=1S/C20H25NO3/c1-21(2,3)14-19(23)17-13-20(24-4)18(22)12-16(17)11-10-15-8-6-5-7-9-15/h5-13,19,23H,14H2,1-4H3/p+1/b11-10+/t19-/m1/s1. The van der Waals surface area contributed by atoms with Gasteiger partial charge in [-0.05, 0) is 28.8 Å². The minimum absolute atomic E-state index is 0.0615. The van der Waals surface area contributed by atoms with E-state index in [0.717, 1.165) is 16.7 Å². The summed E-state index contributed by atoms with van der Waals surface area (Å²) >= 11 is 0. The highest BCUT2D eigenvalue weighted by Crippen LogP contribution is 2.34. The molecular formula is C20H26NO3+. The molecule has 0 saturated carbocycles. The zero-order chi connectivity index (χ0) is 17.7. The Bertz CT molecular complexity index is 703. The van der Waals surface area contributed by atoms with E-state index in [4.69, 9.17) is 4.74 Å². The zero-order valence-electron chi connectivity index (χ0n) is 14.7. The van der Waals surface area contributed by atoms with Gasteiger partial charge in [-0.15, -0.1) is 0 Å². The SMILES string of the molecule is COc1cc([C@H](O)C[N+](C)(C)C)c(/C=C/c2ccccc2)cc1O. The molecule has 2 aromatic rings. The molecule has 24 heavy (non-hydrogen) atoms. The number of hydrogen-bond donors (Lipinski definition) is 2. The molecule has 0 unspecified atom stereocenters. The maximum atomic E-state index is 10.7. The van der Waals surface area contributed by atoms with Crippen LogP contribution in [0.25, 0.3) is 12.2 Å². The van der Waals surface area contributed by atoms with Crippen molar-refractivity contribution in [1.82, 2.24) is 0 Å².